The first-order valence-corrected chi connectivity index (χ1v) is 9.15. The average molecular weight is 385 g/mol. The van der Waals surface area contributed by atoms with E-state index in [4.69, 9.17) is 23.8 Å². The molecule has 132 valence electrons. The summed E-state index contributed by atoms with van der Waals surface area (Å²) in [6, 6.07) is 11.7. The summed E-state index contributed by atoms with van der Waals surface area (Å²) in [5.41, 5.74) is 4.50. The lowest BCUT2D eigenvalue weighted by Crippen LogP contribution is -2.35. The van der Waals surface area contributed by atoms with Crippen LogP contribution in [0.4, 0.5) is 0 Å². The number of hydrogen-bond acceptors (Lipinski definition) is 4. The molecule has 3 heterocycles. The van der Waals surface area contributed by atoms with Crippen LogP contribution in [-0.4, -0.2) is 26.4 Å². The molecule has 2 N–H and O–H groups in total. The van der Waals surface area contributed by atoms with E-state index < -0.39 is 0 Å². The smallest absolute Gasteiger partial charge is 0.256 e. The summed E-state index contributed by atoms with van der Waals surface area (Å²) >= 11 is 11.3. The molecule has 0 aliphatic carbocycles. The molecular weight excluding hydrogens is 368 g/mol. The molecule has 0 unspecified atom stereocenters. The highest BCUT2D eigenvalue weighted by atomic mass is 35.5. The van der Waals surface area contributed by atoms with Crippen molar-refractivity contribution in [1.29, 1.82) is 0 Å². The summed E-state index contributed by atoms with van der Waals surface area (Å²) in [4.78, 5) is 24.7. The number of nitrogens with one attached hydrogen (secondary N) is 2. The number of rotatable bonds is 3. The molecule has 5 nitrogen and oxygen atoms in total. The number of aromatic amines is 2. The third-order valence-corrected chi connectivity index (χ3v) is 5.10. The molecule has 0 saturated heterocycles. The second kappa shape index (κ2) is 7.15. The molecule has 1 aromatic carbocycles. The zero-order valence-corrected chi connectivity index (χ0v) is 15.5. The molecule has 4 rings (SSSR count). The Bertz CT molecular complexity index is 1060. The Morgan fingerprint density at radius 1 is 1.19 bits per heavy atom. The van der Waals surface area contributed by atoms with E-state index in [1.54, 1.807) is 0 Å². The first-order chi connectivity index (χ1) is 12.6. The van der Waals surface area contributed by atoms with E-state index in [0.717, 1.165) is 47.6 Å². The predicted molar refractivity (Wildman–Crippen MR) is 105 cm³/mol. The fourth-order valence-electron chi connectivity index (χ4n) is 3.25. The van der Waals surface area contributed by atoms with Crippen molar-refractivity contribution in [2.45, 2.75) is 19.5 Å². The van der Waals surface area contributed by atoms with Gasteiger partial charge in [-0.1, -0.05) is 35.9 Å². The van der Waals surface area contributed by atoms with Gasteiger partial charge in [0.15, 0.2) is 4.77 Å². The van der Waals surface area contributed by atoms with Crippen molar-refractivity contribution in [3.8, 4) is 11.3 Å². The van der Waals surface area contributed by atoms with Gasteiger partial charge in [-0.15, -0.1) is 0 Å². The van der Waals surface area contributed by atoms with Crippen LogP contribution in [-0.2, 0) is 19.5 Å². The molecule has 2 aromatic heterocycles. The molecule has 26 heavy (non-hydrogen) atoms. The highest BCUT2D eigenvalue weighted by molar-refractivity contribution is 7.71. The number of fused-ring (bicyclic) bond motifs is 1. The molecule has 0 spiro atoms. The second-order valence-electron chi connectivity index (χ2n) is 6.36. The van der Waals surface area contributed by atoms with Gasteiger partial charge in [0.05, 0.1) is 11.3 Å². The van der Waals surface area contributed by atoms with E-state index in [2.05, 4.69) is 25.9 Å². The Morgan fingerprint density at radius 3 is 2.81 bits per heavy atom. The highest BCUT2D eigenvalue weighted by Crippen LogP contribution is 2.26. The highest BCUT2D eigenvalue weighted by Gasteiger charge is 2.19. The number of aromatic nitrogens is 3. The van der Waals surface area contributed by atoms with Gasteiger partial charge in [0.25, 0.3) is 5.56 Å². The van der Waals surface area contributed by atoms with E-state index in [9.17, 15) is 4.79 Å². The van der Waals surface area contributed by atoms with Gasteiger partial charge in [-0.25, -0.2) is 0 Å². The average Bonchev–Trinajstić information content (AvgIpc) is 2.63. The lowest BCUT2D eigenvalue weighted by atomic mass is 10.1. The molecular formula is C19H17ClN4OS. The molecule has 1 aliphatic heterocycles. The molecule has 0 radical (unpaired) electrons. The summed E-state index contributed by atoms with van der Waals surface area (Å²) in [6.07, 6.45) is 2.66. The standard InChI is InChI=1S/C19H17ClN4OS/c20-15-4-2-1-3-13(15)16-6-5-12(9-21-16)10-24-8-7-17-14(11-24)18(25)23-19(26)22-17/h1-6,9H,7-8,10-11H2,(H2,22,23,25,26). The molecule has 0 amide bonds. The minimum Gasteiger partial charge on any atom is -0.335 e. The number of halogens is 1. The van der Waals surface area contributed by atoms with Crippen molar-refractivity contribution < 1.29 is 0 Å². The monoisotopic (exact) mass is 384 g/mol. The minimum absolute atomic E-state index is 0.0966. The maximum Gasteiger partial charge on any atom is 0.256 e. The second-order valence-corrected chi connectivity index (χ2v) is 7.17. The maximum absolute atomic E-state index is 12.1. The Balaban J connectivity index is 1.51. The fraction of sp³-hybridized carbons (Fsp3) is 0.211. The number of benzene rings is 1. The molecule has 0 saturated carbocycles. The third kappa shape index (κ3) is 3.49. The lowest BCUT2D eigenvalue weighted by molar-refractivity contribution is 0.241. The summed E-state index contributed by atoms with van der Waals surface area (Å²) < 4.78 is 0.390. The van der Waals surface area contributed by atoms with Crippen molar-refractivity contribution >= 4 is 23.8 Å². The first kappa shape index (κ1) is 17.1. The first-order valence-electron chi connectivity index (χ1n) is 8.37. The van der Waals surface area contributed by atoms with Gasteiger partial charge in [-0.3, -0.25) is 19.7 Å². The largest absolute Gasteiger partial charge is 0.335 e. The van der Waals surface area contributed by atoms with Crippen molar-refractivity contribution in [2.75, 3.05) is 6.54 Å². The van der Waals surface area contributed by atoms with Crippen molar-refractivity contribution in [1.82, 2.24) is 19.9 Å². The maximum atomic E-state index is 12.1. The predicted octanol–water partition coefficient (Wildman–Crippen LogP) is 3.71. The van der Waals surface area contributed by atoms with Crippen LogP contribution >= 0.6 is 23.8 Å². The topological polar surface area (TPSA) is 64.8 Å². The van der Waals surface area contributed by atoms with Gasteiger partial charge >= 0.3 is 0 Å². The zero-order valence-electron chi connectivity index (χ0n) is 14.0. The van der Waals surface area contributed by atoms with Gasteiger partial charge in [0, 0.05) is 48.5 Å². The van der Waals surface area contributed by atoms with E-state index in [0.29, 0.717) is 16.3 Å². The molecule has 7 heteroatoms. The van der Waals surface area contributed by atoms with Gasteiger partial charge in [0.2, 0.25) is 0 Å². The lowest BCUT2D eigenvalue weighted by Gasteiger charge is -2.27. The number of pyridine rings is 1. The molecule has 0 atom stereocenters. The van der Waals surface area contributed by atoms with Gasteiger partial charge in [0.1, 0.15) is 0 Å². The Hall–Kier alpha value is -2.28. The van der Waals surface area contributed by atoms with Gasteiger partial charge in [-0.2, -0.15) is 0 Å². The molecule has 3 aromatic rings. The third-order valence-electron chi connectivity index (χ3n) is 4.57. The van der Waals surface area contributed by atoms with Crippen molar-refractivity contribution in [3.63, 3.8) is 0 Å². The number of nitrogens with zero attached hydrogens (tertiary/aromatic N) is 2. The van der Waals surface area contributed by atoms with E-state index in [1.165, 1.54) is 0 Å². The molecule has 0 fully saturated rings. The van der Waals surface area contributed by atoms with Crippen molar-refractivity contribution in [2.24, 2.45) is 0 Å². The summed E-state index contributed by atoms with van der Waals surface area (Å²) in [7, 11) is 0. The Kier molecular flexibility index (Phi) is 4.72. The quantitative estimate of drug-likeness (QED) is 0.676. The van der Waals surface area contributed by atoms with E-state index >= 15 is 0 Å². The molecule has 0 bridgehead atoms. The zero-order chi connectivity index (χ0) is 18.1. The number of H-pyrrole nitrogens is 2. The van der Waals surface area contributed by atoms with Crippen LogP contribution in [0.25, 0.3) is 11.3 Å². The van der Waals surface area contributed by atoms with Crippen LogP contribution in [0.2, 0.25) is 5.02 Å². The summed E-state index contributed by atoms with van der Waals surface area (Å²) in [6.45, 7) is 2.21. The van der Waals surface area contributed by atoms with Gasteiger partial charge in [-0.05, 0) is 29.9 Å². The Labute approximate surface area is 160 Å². The number of hydrogen-bond donors (Lipinski definition) is 2. The normalized spacial score (nSPS) is 14.2. The molecule has 1 aliphatic rings. The minimum atomic E-state index is -0.0966. The van der Waals surface area contributed by atoms with E-state index in [-0.39, 0.29) is 5.56 Å². The van der Waals surface area contributed by atoms with Crippen LogP contribution in [0.15, 0.2) is 47.4 Å². The van der Waals surface area contributed by atoms with Crippen molar-refractivity contribution in [3.05, 3.63) is 79.6 Å². The summed E-state index contributed by atoms with van der Waals surface area (Å²) in [5, 5.41) is 0.692. The van der Waals surface area contributed by atoms with Gasteiger partial charge < -0.3 is 4.98 Å². The fourth-order valence-corrected chi connectivity index (χ4v) is 3.70. The van der Waals surface area contributed by atoms with Crippen LogP contribution in [0.3, 0.4) is 0 Å². The SMILES string of the molecule is O=c1[nH]c(=S)[nH]c2c1CN(Cc1ccc(-c3ccccc3Cl)nc1)CC2. The van der Waals surface area contributed by atoms with Crippen LogP contribution in [0.5, 0.6) is 0 Å². The van der Waals surface area contributed by atoms with Crippen LogP contribution in [0.1, 0.15) is 16.8 Å². The van der Waals surface area contributed by atoms with E-state index in [1.807, 2.05) is 36.5 Å². The Morgan fingerprint density at radius 2 is 2.04 bits per heavy atom. The van der Waals surface area contributed by atoms with Crippen LogP contribution in [0, 0.1) is 4.77 Å². The van der Waals surface area contributed by atoms with Crippen LogP contribution < -0.4 is 5.56 Å². The summed E-state index contributed by atoms with van der Waals surface area (Å²) in [5.74, 6) is 0.